The van der Waals surface area contributed by atoms with E-state index in [0.717, 1.165) is 17.1 Å². The Hall–Kier alpha value is -1.52. The molecule has 3 rings (SSSR count). The van der Waals surface area contributed by atoms with E-state index in [2.05, 4.69) is 15.8 Å². The van der Waals surface area contributed by atoms with Crippen LogP contribution in [0.3, 0.4) is 0 Å². The summed E-state index contributed by atoms with van der Waals surface area (Å²) in [6.45, 7) is 2.32. The van der Waals surface area contributed by atoms with Crippen molar-refractivity contribution in [3.05, 3.63) is 11.5 Å². The smallest absolute Gasteiger partial charge is 0.242 e. The van der Waals surface area contributed by atoms with E-state index in [4.69, 9.17) is 4.52 Å². The van der Waals surface area contributed by atoms with Crippen molar-refractivity contribution in [1.29, 1.82) is 0 Å². The second-order valence-electron chi connectivity index (χ2n) is 5.29. The zero-order valence-electron chi connectivity index (χ0n) is 10.7. The third-order valence-electron chi connectivity index (χ3n) is 3.95. The number of hydrogen-bond acceptors (Lipinski definition) is 4. The summed E-state index contributed by atoms with van der Waals surface area (Å²) in [6.07, 6.45) is 6.16. The first kappa shape index (κ1) is 11.6. The van der Waals surface area contributed by atoms with Crippen LogP contribution in [0.5, 0.6) is 0 Å². The van der Waals surface area contributed by atoms with Gasteiger partial charge in [0.1, 0.15) is 17.4 Å². The molecule has 18 heavy (non-hydrogen) atoms. The summed E-state index contributed by atoms with van der Waals surface area (Å²) in [7, 11) is 0. The van der Waals surface area contributed by atoms with Gasteiger partial charge in [0.2, 0.25) is 5.91 Å². The van der Waals surface area contributed by atoms with E-state index in [9.17, 15) is 4.79 Å². The predicted molar refractivity (Wildman–Crippen MR) is 67.3 cm³/mol. The van der Waals surface area contributed by atoms with E-state index in [1.165, 1.54) is 32.1 Å². The van der Waals surface area contributed by atoms with Gasteiger partial charge in [0.05, 0.1) is 6.54 Å². The summed E-state index contributed by atoms with van der Waals surface area (Å²) in [4.78, 5) is 11.6. The van der Waals surface area contributed by atoms with Gasteiger partial charge in [0.25, 0.3) is 0 Å². The minimum Gasteiger partial charge on any atom is -0.369 e. The van der Waals surface area contributed by atoms with Gasteiger partial charge in [-0.05, 0) is 19.8 Å². The number of amides is 1. The quantitative estimate of drug-likeness (QED) is 0.800. The van der Waals surface area contributed by atoms with E-state index in [1.54, 1.807) is 0 Å². The molecule has 1 aromatic rings. The van der Waals surface area contributed by atoms with Gasteiger partial charge in [-0.15, -0.1) is 0 Å². The van der Waals surface area contributed by atoms with Gasteiger partial charge in [0, 0.05) is 5.92 Å². The average molecular weight is 249 g/mol. The van der Waals surface area contributed by atoms with Gasteiger partial charge in [-0.3, -0.25) is 4.79 Å². The summed E-state index contributed by atoms with van der Waals surface area (Å²) < 4.78 is 5.53. The van der Waals surface area contributed by atoms with Crippen LogP contribution in [0, 0.1) is 0 Å². The van der Waals surface area contributed by atoms with Crippen LogP contribution in [0.4, 0.5) is 5.69 Å². The molecule has 98 valence electrons. The van der Waals surface area contributed by atoms with Crippen molar-refractivity contribution in [1.82, 2.24) is 10.5 Å². The van der Waals surface area contributed by atoms with Crippen molar-refractivity contribution in [2.24, 2.45) is 0 Å². The molecule has 0 spiro atoms. The SMILES string of the molecule is CC1Nc2c(noc2C2CCCCC2)CNC1=O. The molecular formula is C13H19N3O2. The summed E-state index contributed by atoms with van der Waals surface area (Å²) in [6, 6.07) is -0.229. The van der Waals surface area contributed by atoms with Gasteiger partial charge in [0.15, 0.2) is 5.76 Å². The molecule has 2 N–H and O–H groups in total. The second-order valence-corrected chi connectivity index (χ2v) is 5.29. The number of carbonyl (C=O) groups is 1. The molecule has 5 heteroatoms. The van der Waals surface area contributed by atoms with Crippen LogP contribution in [-0.4, -0.2) is 17.1 Å². The van der Waals surface area contributed by atoms with Gasteiger partial charge >= 0.3 is 0 Å². The molecule has 0 saturated heterocycles. The molecule has 1 fully saturated rings. The number of hydrogen-bond donors (Lipinski definition) is 2. The molecular weight excluding hydrogens is 230 g/mol. The molecule has 0 bridgehead atoms. The third-order valence-corrected chi connectivity index (χ3v) is 3.95. The summed E-state index contributed by atoms with van der Waals surface area (Å²) in [5.74, 6) is 1.43. The molecule has 0 radical (unpaired) electrons. The largest absolute Gasteiger partial charge is 0.369 e. The van der Waals surface area contributed by atoms with Gasteiger partial charge < -0.3 is 15.2 Å². The number of aromatic nitrogens is 1. The molecule has 1 aliphatic heterocycles. The van der Waals surface area contributed by atoms with Crippen molar-refractivity contribution in [3.8, 4) is 0 Å². The Bertz CT molecular complexity index is 449. The fourth-order valence-electron chi connectivity index (χ4n) is 2.86. The molecule has 1 unspecified atom stereocenters. The maximum Gasteiger partial charge on any atom is 0.242 e. The minimum atomic E-state index is -0.229. The number of nitrogens with zero attached hydrogens (tertiary/aromatic N) is 1. The minimum absolute atomic E-state index is 0.0163. The number of rotatable bonds is 1. The molecule has 1 aromatic heterocycles. The Kier molecular flexibility index (Phi) is 2.97. The van der Waals surface area contributed by atoms with Crippen LogP contribution in [0.2, 0.25) is 0 Å². The third kappa shape index (κ3) is 1.98. The van der Waals surface area contributed by atoms with Crippen molar-refractivity contribution >= 4 is 11.6 Å². The molecule has 0 aromatic carbocycles. The van der Waals surface area contributed by atoms with Crippen molar-refractivity contribution in [3.63, 3.8) is 0 Å². The Morgan fingerprint density at radius 3 is 2.83 bits per heavy atom. The van der Waals surface area contributed by atoms with Crippen LogP contribution in [0.25, 0.3) is 0 Å². The molecule has 1 saturated carbocycles. The van der Waals surface area contributed by atoms with E-state index in [-0.39, 0.29) is 11.9 Å². The summed E-state index contributed by atoms with van der Waals surface area (Å²) >= 11 is 0. The van der Waals surface area contributed by atoms with Crippen LogP contribution < -0.4 is 10.6 Å². The molecule has 2 aliphatic rings. The van der Waals surface area contributed by atoms with E-state index < -0.39 is 0 Å². The first-order valence-corrected chi connectivity index (χ1v) is 6.78. The van der Waals surface area contributed by atoms with E-state index in [0.29, 0.717) is 12.5 Å². The number of fused-ring (bicyclic) bond motifs is 1. The molecule has 1 aliphatic carbocycles. The molecule has 1 amide bonds. The Labute approximate surface area is 106 Å². The highest BCUT2D eigenvalue weighted by Crippen LogP contribution is 2.38. The normalized spacial score (nSPS) is 24.9. The lowest BCUT2D eigenvalue weighted by atomic mass is 9.87. The summed E-state index contributed by atoms with van der Waals surface area (Å²) in [5.41, 5.74) is 1.78. The lowest BCUT2D eigenvalue weighted by molar-refractivity contribution is -0.121. The van der Waals surface area contributed by atoms with E-state index >= 15 is 0 Å². The highest BCUT2D eigenvalue weighted by molar-refractivity contribution is 5.85. The standard InChI is InChI=1S/C13H19N3O2/c1-8-13(17)14-7-10-11(15-8)12(18-16-10)9-5-3-2-4-6-9/h8-9,15H,2-7H2,1H3,(H,14,17). The fourth-order valence-corrected chi connectivity index (χ4v) is 2.86. The topological polar surface area (TPSA) is 67.2 Å². The van der Waals surface area contributed by atoms with E-state index in [1.807, 2.05) is 6.92 Å². The summed E-state index contributed by atoms with van der Waals surface area (Å²) in [5, 5.41) is 10.2. The average Bonchev–Trinajstić information content (AvgIpc) is 2.74. The lowest BCUT2D eigenvalue weighted by Gasteiger charge is -2.20. The highest BCUT2D eigenvalue weighted by Gasteiger charge is 2.29. The number of anilines is 1. The van der Waals surface area contributed by atoms with Gasteiger partial charge in [-0.2, -0.15) is 0 Å². The highest BCUT2D eigenvalue weighted by atomic mass is 16.5. The zero-order chi connectivity index (χ0) is 12.5. The number of nitrogens with one attached hydrogen (secondary N) is 2. The van der Waals surface area contributed by atoms with Crippen LogP contribution >= 0.6 is 0 Å². The monoisotopic (exact) mass is 249 g/mol. The fraction of sp³-hybridized carbons (Fsp3) is 0.692. The Morgan fingerprint density at radius 2 is 2.06 bits per heavy atom. The molecule has 1 atom stereocenters. The van der Waals surface area contributed by atoms with Crippen LogP contribution in [0.1, 0.15) is 56.4 Å². The van der Waals surface area contributed by atoms with Crippen LogP contribution in [0.15, 0.2) is 4.52 Å². The first-order valence-electron chi connectivity index (χ1n) is 6.78. The second kappa shape index (κ2) is 4.63. The molecule has 2 heterocycles. The van der Waals surface area contributed by atoms with Gasteiger partial charge in [-0.25, -0.2) is 0 Å². The Morgan fingerprint density at radius 1 is 1.28 bits per heavy atom. The maximum absolute atomic E-state index is 11.6. The lowest BCUT2D eigenvalue weighted by Crippen LogP contribution is -2.34. The van der Waals surface area contributed by atoms with Crippen LogP contribution in [-0.2, 0) is 11.3 Å². The first-order chi connectivity index (χ1) is 8.75. The molecule has 5 nitrogen and oxygen atoms in total. The van der Waals surface area contributed by atoms with Crippen molar-refractivity contribution < 1.29 is 9.32 Å². The Balaban J connectivity index is 1.89. The zero-order valence-corrected chi connectivity index (χ0v) is 10.7. The van der Waals surface area contributed by atoms with Crippen molar-refractivity contribution in [2.75, 3.05) is 5.32 Å². The van der Waals surface area contributed by atoms with Gasteiger partial charge in [-0.1, -0.05) is 24.4 Å². The van der Waals surface area contributed by atoms with Crippen molar-refractivity contribution in [2.45, 2.75) is 57.5 Å². The predicted octanol–water partition coefficient (Wildman–Crippen LogP) is 2.15. The maximum atomic E-state index is 11.6. The number of carbonyl (C=O) groups excluding carboxylic acids is 1.